The molecule has 0 radical (unpaired) electrons. The minimum atomic E-state index is -0.241. The van der Waals surface area contributed by atoms with Crippen molar-refractivity contribution in [3.63, 3.8) is 0 Å². The van der Waals surface area contributed by atoms with Gasteiger partial charge in [0.15, 0.2) is 0 Å². The Kier molecular flexibility index (Phi) is 3.60. The molecule has 1 aliphatic rings. The van der Waals surface area contributed by atoms with E-state index in [9.17, 15) is 4.79 Å². The molecule has 1 aromatic carbocycles. The van der Waals surface area contributed by atoms with Crippen LogP contribution in [0.1, 0.15) is 40.8 Å². The van der Waals surface area contributed by atoms with Crippen LogP contribution in [0.5, 0.6) is 0 Å². The lowest BCUT2D eigenvalue weighted by atomic mass is 10.2. The van der Waals surface area contributed by atoms with Crippen LogP contribution in [0.2, 0.25) is 0 Å². The second-order valence-electron chi connectivity index (χ2n) is 5.56. The van der Waals surface area contributed by atoms with Crippen molar-refractivity contribution in [3.05, 3.63) is 41.5 Å². The summed E-state index contributed by atoms with van der Waals surface area (Å²) in [5, 5.41) is 9.65. The Morgan fingerprint density at radius 1 is 1.33 bits per heavy atom. The predicted molar refractivity (Wildman–Crippen MR) is 80.3 cm³/mol. The van der Waals surface area contributed by atoms with Gasteiger partial charge in [0, 0.05) is 32.2 Å². The summed E-state index contributed by atoms with van der Waals surface area (Å²) < 4.78 is 0. The van der Waals surface area contributed by atoms with Crippen LogP contribution in [0.15, 0.2) is 24.3 Å². The molecule has 21 heavy (non-hydrogen) atoms. The zero-order valence-corrected chi connectivity index (χ0v) is 12.3. The fourth-order valence-corrected chi connectivity index (χ4v) is 2.09. The molecular formula is C15H19N5O. The van der Waals surface area contributed by atoms with Gasteiger partial charge >= 0.3 is 0 Å². The molecule has 0 spiro atoms. The summed E-state index contributed by atoms with van der Waals surface area (Å²) in [5.74, 6) is 1.28. The lowest BCUT2D eigenvalue weighted by Gasteiger charge is -2.12. The number of hydrogen-bond donors (Lipinski definition) is 2. The number of carbonyl (C=O) groups is 1. The lowest BCUT2D eigenvalue weighted by molar-refractivity contribution is 0.0941. The van der Waals surface area contributed by atoms with E-state index in [1.807, 2.05) is 43.3 Å². The molecule has 1 aliphatic carbocycles. The number of anilines is 1. The highest BCUT2D eigenvalue weighted by molar-refractivity contribution is 5.90. The van der Waals surface area contributed by atoms with Crippen molar-refractivity contribution in [1.82, 2.24) is 20.5 Å². The van der Waals surface area contributed by atoms with Crippen molar-refractivity contribution in [3.8, 4) is 0 Å². The van der Waals surface area contributed by atoms with Gasteiger partial charge in [-0.1, -0.05) is 12.1 Å². The highest BCUT2D eigenvalue weighted by Gasteiger charge is 2.28. The van der Waals surface area contributed by atoms with E-state index >= 15 is 0 Å². The smallest absolute Gasteiger partial charge is 0.291 e. The molecule has 0 bridgehead atoms. The first kappa shape index (κ1) is 13.6. The minimum absolute atomic E-state index is 0.224. The molecule has 1 amide bonds. The van der Waals surface area contributed by atoms with Gasteiger partial charge in [0.2, 0.25) is 5.82 Å². The molecule has 0 aliphatic heterocycles. The van der Waals surface area contributed by atoms with Crippen LogP contribution in [0.25, 0.3) is 0 Å². The van der Waals surface area contributed by atoms with Crippen LogP contribution in [0.4, 0.5) is 5.69 Å². The molecule has 0 saturated heterocycles. The number of rotatable bonds is 5. The van der Waals surface area contributed by atoms with Crippen molar-refractivity contribution in [2.75, 3.05) is 19.0 Å². The third-order valence-corrected chi connectivity index (χ3v) is 3.58. The minimum Gasteiger partial charge on any atom is -0.378 e. The standard InChI is InChI=1S/C15H19N5O/c1-20(2)12-7-3-10(4-8-12)9-16-15(21)14-17-13(18-19-14)11-5-6-11/h3-4,7-8,11H,5-6,9H2,1-2H3,(H,16,21)(H,17,18,19). The monoisotopic (exact) mass is 285 g/mol. The van der Waals surface area contributed by atoms with Gasteiger partial charge in [-0.15, -0.1) is 5.10 Å². The van der Waals surface area contributed by atoms with E-state index in [4.69, 9.17) is 0 Å². The number of aromatic amines is 1. The molecule has 2 N–H and O–H groups in total. The fourth-order valence-electron chi connectivity index (χ4n) is 2.09. The van der Waals surface area contributed by atoms with E-state index in [1.54, 1.807) is 0 Å². The van der Waals surface area contributed by atoms with E-state index in [-0.39, 0.29) is 11.7 Å². The number of benzene rings is 1. The second kappa shape index (κ2) is 5.55. The number of nitrogens with one attached hydrogen (secondary N) is 2. The number of H-pyrrole nitrogens is 1. The van der Waals surface area contributed by atoms with Gasteiger partial charge in [-0.3, -0.25) is 9.89 Å². The summed E-state index contributed by atoms with van der Waals surface area (Å²) >= 11 is 0. The first-order chi connectivity index (χ1) is 10.1. The lowest BCUT2D eigenvalue weighted by Crippen LogP contribution is -2.24. The quantitative estimate of drug-likeness (QED) is 0.876. The number of amides is 1. The van der Waals surface area contributed by atoms with Gasteiger partial charge in [-0.2, -0.15) is 0 Å². The number of hydrogen-bond acceptors (Lipinski definition) is 4. The van der Waals surface area contributed by atoms with E-state index in [0.29, 0.717) is 12.5 Å². The summed E-state index contributed by atoms with van der Waals surface area (Å²) in [4.78, 5) is 18.3. The van der Waals surface area contributed by atoms with E-state index in [2.05, 4.69) is 20.5 Å². The van der Waals surface area contributed by atoms with Crippen molar-refractivity contribution < 1.29 is 4.79 Å². The molecule has 1 heterocycles. The van der Waals surface area contributed by atoms with Gasteiger partial charge < -0.3 is 10.2 Å². The van der Waals surface area contributed by atoms with E-state index in [0.717, 1.165) is 29.9 Å². The summed E-state index contributed by atoms with van der Waals surface area (Å²) in [5.41, 5.74) is 2.18. The molecule has 110 valence electrons. The van der Waals surface area contributed by atoms with Crippen molar-refractivity contribution in [2.45, 2.75) is 25.3 Å². The molecule has 0 unspecified atom stereocenters. The van der Waals surface area contributed by atoms with Gasteiger partial charge in [-0.05, 0) is 30.5 Å². The summed E-state index contributed by atoms with van der Waals surface area (Å²) in [6.45, 7) is 0.472. The third kappa shape index (κ3) is 3.21. The average molecular weight is 285 g/mol. The Morgan fingerprint density at radius 3 is 2.67 bits per heavy atom. The molecule has 1 fully saturated rings. The highest BCUT2D eigenvalue weighted by Crippen LogP contribution is 2.37. The molecule has 6 nitrogen and oxygen atoms in total. The molecule has 3 rings (SSSR count). The topological polar surface area (TPSA) is 73.9 Å². The maximum atomic E-state index is 12.0. The third-order valence-electron chi connectivity index (χ3n) is 3.58. The summed E-state index contributed by atoms with van der Waals surface area (Å²) in [6.07, 6.45) is 2.27. The van der Waals surface area contributed by atoms with Gasteiger partial charge in [0.25, 0.3) is 5.91 Å². The summed E-state index contributed by atoms with van der Waals surface area (Å²) in [6, 6.07) is 8.06. The second-order valence-corrected chi connectivity index (χ2v) is 5.56. The van der Waals surface area contributed by atoms with Crippen LogP contribution >= 0.6 is 0 Å². The van der Waals surface area contributed by atoms with Crippen LogP contribution in [-0.2, 0) is 6.54 Å². The predicted octanol–water partition coefficient (Wildman–Crippen LogP) is 1.68. The number of carbonyl (C=O) groups excluding carboxylic acids is 1. The Bertz CT molecular complexity index is 628. The largest absolute Gasteiger partial charge is 0.378 e. The van der Waals surface area contributed by atoms with Crippen molar-refractivity contribution >= 4 is 11.6 Å². The first-order valence-electron chi connectivity index (χ1n) is 7.10. The van der Waals surface area contributed by atoms with Gasteiger partial charge in [0.05, 0.1) is 0 Å². The van der Waals surface area contributed by atoms with E-state index in [1.165, 1.54) is 0 Å². The Hall–Kier alpha value is -2.37. The molecular weight excluding hydrogens is 266 g/mol. The Morgan fingerprint density at radius 2 is 2.05 bits per heavy atom. The summed E-state index contributed by atoms with van der Waals surface area (Å²) in [7, 11) is 3.99. The Labute approximate surface area is 123 Å². The first-order valence-corrected chi connectivity index (χ1v) is 7.10. The van der Waals surface area contributed by atoms with Crippen molar-refractivity contribution in [1.29, 1.82) is 0 Å². The molecule has 1 aromatic heterocycles. The van der Waals surface area contributed by atoms with Crippen LogP contribution in [-0.4, -0.2) is 35.2 Å². The van der Waals surface area contributed by atoms with Crippen LogP contribution in [0.3, 0.4) is 0 Å². The average Bonchev–Trinajstić information content (AvgIpc) is 3.22. The normalized spacial score (nSPS) is 14.0. The van der Waals surface area contributed by atoms with Crippen LogP contribution < -0.4 is 10.2 Å². The highest BCUT2D eigenvalue weighted by atomic mass is 16.2. The maximum Gasteiger partial charge on any atom is 0.291 e. The van der Waals surface area contributed by atoms with E-state index < -0.39 is 0 Å². The molecule has 1 saturated carbocycles. The van der Waals surface area contributed by atoms with Gasteiger partial charge in [-0.25, -0.2) is 4.98 Å². The molecule has 6 heteroatoms. The number of nitrogens with zero attached hydrogens (tertiary/aromatic N) is 3. The van der Waals surface area contributed by atoms with Gasteiger partial charge in [0.1, 0.15) is 5.82 Å². The van der Waals surface area contributed by atoms with Crippen molar-refractivity contribution in [2.24, 2.45) is 0 Å². The zero-order chi connectivity index (χ0) is 14.8. The van der Waals surface area contributed by atoms with Crippen LogP contribution in [0, 0.1) is 0 Å². The zero-order valence-electron chi connectivity index (χ0n) is 12.3. The maximum absolute atomic E-state index is 12.0. The SMILES string of the molecule is CN(C)c1ccc(CNC(=O)c2n[nH]c(C3CC3)n2)cc1. The molecule has 0 atom stereocenters. The molecule has 2 aromatic rings. The fraction of sp³-hybridized carbons (Fsp3) is 0.400. The number of aromatic nitrogens is 3. The Balaban J connectivity index is 1.57.